The van der Waals surface area contributed by atoms with E-state index in [-0.39, 0.29) is 34.6 Å². The maximum Gasteiger partial charge on any atom is 0.277 e. The highest BCUT2D eigenvalue weighted by Gasteiger charge is 2.18. The van der Waals surface area contributed by atoms with Gasteiger partial charge in [0, 0.05) is 42.7 Å². The van der Waals surface area contributed by atoms with Crippen LogP contribution >= 0.6 is 11.6 Å². The van der Waals surface area contributed by atoms with E-state index in [0.717, 1.165) is 6.20 Å². The third kappa shape index (κ3) is 5.94. The van der Waals surface area contributed by atoms with Gasteiger partial charge in [-0.1, -0.05) is 38.1 Å². The average molecular weight is 529 g/mol. The predicted octanol–water partition coefficient (Wildman–Crippen LogP) is 5.34. The molecule has 0 aliphatic rings. The van der Waals surface area contributed by atoms with Crippen LogP contribution in [-0.4, -0.2) is 27.0 Å². The number of rotatable bonds is 7. The van der Waals surface area contributed by atoms with Crippen molar-refractivity contribution in [3.63, 3.8) is 0 Å². The second-order valence-electron chi connectivity index (χ2n) is 8.66. The molecule has 0 spiro atoms. The lowest BCUT2D eigenvalue weighted by atomic mass is 10.1. The highest BCUT2D eigenvalue weighted by molar-refractivity contribution is 6.31. The Kier molecular flexibility index (Phi) is 8.60. The quantitative estimate of drug-likeness (QED) is 0.235. The summed E-state index contributed by atoms with van der Waals surface area (Å²) in [5.41, 5.74) is 0.968. The van der Waals surface area contributed by atoms with Crippen molar-refractivity contribution >= 4 is 23.1 Å². The number of ether oxygens (including phenoxy) is 1. The first kappa shape index (κ1) is 27.7. The molecule has 3 rings (SSSR count). The summed E-state index contributed by atoms with van der Waals surface area (Å²) in [6.07, 6.45) is 4.05. The number of halogens is 3. The van der Waals surface area contributed by atoms with Gasteiger partial charge in [-0.25, -0.2) is 8.78 Å². The van der Waals surface area contributed by atoms with Gasteiger partial charge in [0.1, 0.15) is 34.7 Å². The first-order chi connectivity index (χ1) is 17.5. The summed E-state index contributed by atoms with van der Waals surface area (Å²) >= 11 is 6.34. The molecule has 7 nitrogen and oxygen atoms in total. The Balaban J connectivity index is 2.06. The first-order valence-corrected chi connectivity index (χ1v) is 11.8. The molecule has 3 aromatic rings. The van der Waals surface area contributed by atoms with Crippen molar-refractivity contribution < 1.29 is 13.5 Å². The zero-order chi connectivity index (χ0) is 27.4. The molecule has 37 heavy (non-hydrogen) atoms. The van der Waals surface area contributed by atoms with Crippen molar-refractivity contribution in [1.29, 1.82) is 0 Å². The molecule has 0 saturated heterocycles. The van der Waals surface area contributed by atoms with E-state index in [0.29, 0.717) is 34.4 Å². The molecule has 0 unspecified atom stereocenters. The predicted molar refractivity (Wildman–Crippen MR) is 142 cm³/mol. The first-order valence-electron chi connectivity index (χ1n) is 11.4. The van der Waals surface area contributed by atoms with E-state index in [1.165, 1.54) is 15.2 Å². The molecule has 0 bridgehead atoms. The van der Waals surface area contributed by atoms with Crippen molar-refractivity contribution in [2.75, 3.05) is 7.05 Å². The topological polar surface area (TPSA) is 78.5 Å². The Bertz CT molecular complexity index is 1540. The fraction of sp³-hybridized carbons (Fsp3) is 0.259. The summed E-state index contributed by atoms with van der Waals surface area (Å²) in [6.45, 7) is 10.8. The lowest BCUT2D eigenvalue weighted by Crippen LogP contribution is -2.30. The van der Waals surface area contributed by atoms with Crippen LogP contribution in [-0.2, 0) is 6.61 Å². The Labute approximate surface area is 218 Å². The number of pyridine rings is 3. The second-order valence-corrected chi connectivity index (χ2v) is 9.04. The van der Waals surface area contributed by atoms with E-state index in [1.807, 2.05) is 13.8 Å². The van der Waals surface area contributed by atoms with Gasteiger partial charge in [-0.3, -0.25) is 28.7 Å². The van der Waals surface area contributed by atoms with Crippen molar-refractivity contribution in [1.82, 2.24) is 14.1 Å². The maximum absolute atomic E-state index is 13.9. The van der Waals surface area contributed by atoms with Crippen LogP contribution in [0.2, 0.25) is 5.02 Å². The molecule has 0 fully saturated rings. The molecule has 0 saturated carbocycles. The number of hydrogen-bond donors (Lipinski definition) is 0. The highest BCUT2D eigenvalue weighted by atomic mass is 35.5. The fourth-order valence-electron chi connectivity index (χ4n) is 3.65. The minimum Gasteiger partial charge on any atom is -0.485 e. The third-order valence-corrected chi connectivity index (χ3v) is 5.91. The molecule has 194 valence electrons. The summed E-state index contributed by atoms with van der Waals surface area (Å²) in [6, 6.07) is 5.72. The van der Waals surface area contributed by atoms with Crippen LogP contribution in [0.25, 0.3) is 5.70 Å². The van der Waals surface area contributed by atoms with Gasteiger partial charge in [0.2, 0.25) is 0 Å². The molecule has 0 N–H and O–H groups in total. The zero-order valence-corrected chi connectivity index (χ0v) is 21.9. The SMILES string of the molecule is C=C(C)/C(=C\C(=N/C)n1cccc(C(C)C)c1=O)n1c(C)cc(OCc2ncc(F)cc2F)c(Cl)c1=O. The van der Waals surface area contributed by atoms with E-state index < -0.39 is 17.2 Å². The number of aliphatic imine (C=N–C) groups is 1. The number of aryl methyl sites for hydroxylation is 1. The number of nitrogens with zero attached hydrogens (tertiary/aromatic N) is 4. The number of allylic oxidation sites excluding steroid dienone is 3. The Morgan fingerprint density at radius 3 is 2.57 bits per heavy atom. The van der Waals surface area contributed by atoms with Gasteiger partial charge in [0.25, 0.3) is 11.1 Å². The van der Waals surface area contributed by atoms with Crippen LogP contribution in [0.4, 0.5) is 8.78 Å². The van der Waals surface area contributed by atoms with E-state index in [1.54, 1.807) is 45.3 Å². The highest BCUT2D eigenvalue weighted by Crippen LogP contribution is 2.26. The third-order valence-electron chi connectivity index (χ3n) is 5.57. The van der Waals surface area contributed by atoms with E-state index in [4.69, 9.17) is 16.3 Å². The molecule has 0 aliphatic heterocycles. The summed E-state index contributed by atoms with van der Waals surface area (Å²) < 4.78 is 35.3. The molecule has 10 heteroatoms. The van der Waals surface area contributed by atoms with Crippen molar-refractivity contribution in [2.45, 2.75) is 40.2 Å². The smallest absolute Gasteiger partial charge is 0.277 e. The van der Waals surface area contributed by atoms with Gasteiger partial charge < -0.3 is 4.74 Å². The van der Waals surface area contributed by atoms with E-state index in [9.17, 15) is 18.4 Å². The van der Waals surface area contributed by atoms with Gasteiger partial charge in [-0.05, 0) is 31.4 Å². The molecule has 0 atom stereocenters. The summed E-state index contributed by atoms with van der Waals surface area (Å²) in [5.74, 6) is -1.37. The normalized spacial score (nSPS) is 12.2. The van der Waals surface area contributed by atoms with Crippen LogP contribution in [0.15, 0.2) is 69.5 Å². The van der Waals surface area contributed by atoms with Gasteiger partial charge in [0.15, 0.2) is 5.82 Å². The number of hydrogen-bond acceptors (Lipinski definition) is 5. The largest absolute Gasteiger partial charge is 0.485 e. The molecule has 3 heterocycles. The standard InChI is InChI=1S/C27H27ClF2N4O3/c1-15(2)19-8-7-9-33(26(19)35)24(31-6)12-22(16(3)4)34-17(5)10-23(25(28)27(34)36)37-14-21-20(30)11-18(29)13-32-21/h7-13,15H,3,14H2,1-2,4-6H3/b22-12+,31-24+. The van der Waals surface area contributed by atoms with Crippen LogP contribution < -0.4 is 15.9 Å². The summed E-state index contributed by atoms with van der Waals surface area (Å²) in [7, 11) is 1.54. The number of aromatic nitrogens is 3. The summed E-state index contributed by atoms with van der Waals surface area (Å²) in [4.78, 5) is 34.3. The average Bonchev–Trinajstić information content (AvgIpc) is 2.83. The maximum atomic E-state index is 13.9. The Morgan fingerprint density at radius 1 is 1.27 bits per heavy atom. The summed E-state index contributed by atoms with van der Waals surface area (Å²) in [5, 5.41) is -0.255. The van der Waals surface area contributed by atoms with Gasteiger partial charge in [-0.2, -0.15) is 0 Å². The minimum atomic E-state index is -0.878. The molecule has 0 aromatic carbocycles. The minimum absolute atomic E-state index is 0.0113. The van der Waals surface area contributed by atoms with Crippen LogP contribution in [0.1, 0.15) is 43.6 Å². The fourth-order valence-corrected chi connectivity index (χ4v) is 3.85. The van der Waals surface area contributed by atoms with Crippen LogP contribution in [0.3, 0.4) is 0 Å². The van der Waals surface area contributed by atoms with Crippen molar-refractivity contribution in [2.24, 2.45) is 4.99 Å². The molecular weight excluding hydrogens is 502 g/mol. The molecule has 0 radical (unpaired) electrons. The van der Waals surface area contributed by atoms with Gasteiger partial charge >= 0.3 is 0 Å². The molecular formula is C27H27ClF2N4O3. The monoisotopic (exact) mass is 528 g/mol. The molecule has 0 aliphatic carbocycles. The Morgan fingerprint density at radius 2 is 1.97 bits per heavy atom. The van der Waals surface area contributed by atoms with Gasteiger partial charge in [0.05, 0.1) is 11.9 Å². The van der Waals surface area contributed by atoms with Crippen molar-refractivity contribution in [3.8, 4) is 5.75 Å². The van der Waals surface area contributed by atoms with Crippen LogP contribution in [0.5, 0.6) is 5.75 Å². The van der Waals surface area contributed by atoms with Crippen molar-refractivity contribution in [3.05, 3.63) is 109 Å². The van der Waals surface area contributed by atoms with Gasteiger partial charge in [-0.15, -0.1) is 0 Å². The lowest BCUT2D eigenvalue weighted by molar-refractivity contribution is 0.292. The zero-order valence-electron chi connectivity index (χ0n) is 21.2. The molecule has 0 amide bonds. The van der Waals surface area contributed by atoms with E-state index in [2.05, 4.69) is 16.6 Å². The second kappa shape index (κ2) is 11.5. The molecule has 3 aromatic heterocycles. The Hall–Kier alpha value is -3.85. The van der Waals surface area contributed by atoms with E-state index >= 15 is 0 Å². The van der Waals surface area contributed by atoms with Crippen LogP contribution in [0, 0.1) is 18.6 Å². The lowest BCUT2D eigenvalue weighted by Gasteiger charge is -2.18.